The Morgan fingerprint density at radius 2 is 1.92 bits per heavy atom. The third-order valence-electron chi connectivity index (χ3n) is 4.10. The fourth-order valence-corrected chi connectivity index (χ4v) is 3.05. The first-order chi connectivity index (χ1) is 12.5. The van der Waals surface area contributed by atoms with Gasteiger partial charge in [0, 0.05) is 29.4 Å². The Balaban J connectivity index is 1.73. The van der Waals surface area contributed by atoms with Crippen molar-refractivity contribution in [1.29, 1.82) is 0 Å². The number of piperazine rings is 1. The predicted molar refractivity (Wildman–Crippen MR) is 99.0 cm³/mol. The number of hydrogen-bond donors (Lipinski definition) is 2. The molecular formula is C19H18ClN3O3. The molecule has 0 aliphatic carbocycles. The monoisotopic (exact) mass is 371 g/mol. The molecule has 1 aliphatic heterocycles. The number of anilines is 1. The van der Waals surface area contributed by atoms with Crippen molar-refractivity contribution in [2.24, 2.45) is 0 Å². The third kappa shape index (κ3) is 4.21. The van der Waals surface area contributed by atoms with E-state index in [9.17, 15) is 14.4 Å². The molecule has 2 aromatic carbocycles. The van der Waals surface area contributed by atoms with Crippen LogP contribution in [0, 0.1) is 0 Å². The zero-order valence-corrected chi connectivity index (χ0v) is 14.7. The summed E-state index contributed by atoms with van der Waals surface area (Å²) in [6.45, 7) is 0.721. The van der Waals surface area contributed by atoms with E-state index >= 15 is 0 Å². The van der Waals surface area contributed by atoms with Crippen molar-refractivity contribution in [2.75, 3.05) is 18.4 Å². The molecule has 0 radical (unpaired) electrons. The van der Waals surface area contributed by atoms with Gasteiger partial charge in [-0.1, -0.05) is 35.9 Å². The van der Waals surface area contributed by atoms with Crippen LogP contribution in [-0.4, -0.2) is 41.8 Å². The molecule has 1 fully saturated rings. The van der Waals surface area contributed by atoms with Gasteiger partial charge in [-0.3, -0.25) is 14.4 Å². The van der Waals surface area contributed by atoms with Crippen molar-refractivity contribution < 1.29 is 14.4 Å². The molecule has 1 atom stereocenters. The summed E-state index contributed by atoms with van der Waals surface area (Å²) in [5, 5.41) is 5.92. The van der Waals surface area contributed by atoms with Crippen molar-refractivity contribution in [3.8, 4) is 0 Å². The smallest absolute Gasteiger partial charge is 0.254 e. The molecule has 0 bridgehead atoms. The largest absolute Gasteiger partial charge is 0.353 e. The van der Waals surface area contributed by atoms with Crippen LogP contribution in [0.25, 0.3) is 0 Å². The molecule has 26 heavy (non-hydrogen) atoms. The Kier molecular flexibility index (Phi) is 5.53. The van der Waals surface area contributed by atoms with E-state index in [1.165, 1.54) is 4.90 Å². The van der Waals surface area contributed by atoms with E-state index in [1.54, 1.807) is 48.5 Å². The second-order valence-corrected chi connectivity index (χ2v) is 6.37. The van der Waals surface area contributed by atoms with Gasteiger partial charge < -0.3 is 15.5 Å². The average Bonchev–Trinajstić information content (AvgIpc) is 2.63. The molecule has 0 aromatic heterocycles. The Morgan fingerprint density at radius 1 is 1.15 bits per heavy atom. The molecule has 3 amide bonds. The quantitative estimate of drug-likeness (QED) is 0.865. The number of nitrogens with zero attached hydrogens (tertiary/aromatic N) is 1. The Morgan fingerprint density at radius 3 is 2.65 bits per heavy atom. The number of hydrogen-bond acceptors (Lipinski definition) is 3. The summed E-state index contributed by atoms with van der Waals surface area (Å²) in [5.74, 6) is -0.956. The first-order valence-electron chi connectivity index (χ1n) is 8.24. The lowest BCUT2D eigenvalue weighted by molar-refractivity contribution is -0.131. The van der Waals surface area contributed by atoms with E-state index in [0.29, 0.717) is 29.4 Å². The normalized spacial score (nSPS) is 16.7. The maximum atomic E-state index is 12.7. The van der Waals surface area contributed by atoms with Crippen LogP contribution < -0.4 is 10.6 Å². The van der Waals surface area contributed by atoms with Gasteiger partial charge in [0.05, 0.1) is 6.42 Å². The highest BCUT2D eigenvalue weighted by Gasteiger charge is 2.35. The Hall–Kier alpha value is -2.86. The van der Waals surface area contributed by atoms with E-state index in [4.69, 9.17) is 11.6 Å². The maximum absolute atomic E-state index is 12.7. The van der Waals surface area contributed by atoms with Gasteiger partial charge in [0.2, 0.25) is 11.8 Å². The Labute approximate surface area is 156 Å². The van der Waals surface area contributed by atoms with E-state index in [-0.39, 0.29) is 24.1 Å². The van der Waals surface area contributed by atoms with Crippen molar-refractivity contribution in [2.45, 2.75) is 12.5 Å². The molecule has 134 valence electrons. The third-order valence-corrected chi connectivity index (χ3v) is 4.33. The van der Waals surface area contributed by atoms with Gasteiger partial charge in [-0.05, 0) is 30.3 Å². The first-order valence-corrected chi connectivity index (χ1v) is 8.61. The minimum atomic E-state index is -0.851. The van der Waals surface area contributed by atoms with Gasteiger partial charge >= 0.3 is 0 Å². The summed E-state index contributed by atoms with van der Waals surface area (Å²) in [6, 6.07) is 14.6. The number of nitrogens with one attached hydrogen (secondary N) is 2. The van der Waals surface area contributed by atoms with Gasteiger partial charge in [0.25, 0.3) is 5.91 Å². The molecule has 7 heteroatoms. The summed E-state index contributed by atoms with van der Waals surface area (Å²) >= 11 is 5.91. The fraction of sp³-hybridized carbons (Fsp3) is 0.211. The van der Waals surface area contributed by atoms with Gasteiger partial charge in [0.1, 0.15) is 6.04 Å². The van der Waals surface area contributed by atoms with Crippen LogP contribution >= 0.6 is 11.6 Å². The van der Waals surface area contributed by atoms with E-state index in [0.717, 1.165) is 0 Å². The minimum absolute atomic E-state index is 0.128. The van der Waals surface area contributed by atoms with E-state index in [1.807, 2.05) is 6.07 Å². The lowest BCUT2D eigenvalue weighted by Crippen LogP contribution is -2.58. The van der Waals surface area contributed by atoms with Crippen LogP contribution in [-0.2, 0) is 9.59 Å². The topological polar surface area (TPSA) is 78.5 Å². The summed E-state index contributed by atoms with van der Waals surface area (Å²) in [4.78, 5) is 38.8. The molecule has 3 rings (SSSR count). The van der Waals surface area contributed by atoms with Crippen LogP contribution in [0.3, 0.4) is 0 Å². The van der Waals surface area contributed by atoms with Gasteiger partial charge in [0.15, 0.2) is 0 Å². The van der Waals surface area contributed by atoms with Crippen LogP contribution in [0.4, 0.5) is 5.69 Å². The average molecular weight is 372 g/mol. The van der Waals surface area contributed by atoms with Gasteiger partial charge in [-0.15, -0.1) is 0 Å². The summed E-state index contributed by atoms with van der Waals surface area (Å²) in [5.41, 5.74) is 1.03. The van der Waals surface area contributed by atoms with Crippen LogP contribution in [0.2, 0.25) is 5.02 Å². The van der Waals surface area contributed by atoms with Crippen molar-refractivity contribution >= 4 is 35.0 Å². The molecule has 2 aromatic rings. The molecule has 1 heterocycles. The fourth-order valence-electron chi connectivity index (χ4n) is 2.86. The second kappa shape index (κ2) is 8.01. The number of carbonyl (C=O) groups excluding carboxylic acids is 3. The minimum Gasteiger partial charge on any atom is -0.353 e. The van der Waals surface area contributed by atoms with Crippen molar-refractivity contribution in [3.05, 3.63) is 65.2 Å². The molecule has 1 aliphatic rings. The van der Waals surface area contributed by atoms with Gasteiger partial charge in [-0.2, -0.15) is 0 Å². The Bertz CT molecular complexity index is 826. The highest BCUT2D eigenvalue weighted by molar-refractivity contribution is 6.30. The number of benzene rings is 2. The molecule has 6 nitrogen and oxygen atoms in total. The van der Waals surface area contributed by atoms with Gasteiger partial charge in [-0.25, -0.2) is 0 Å². The highest BCUT2D eigenvalue weighted by atomic mass is 35.5. The van der Waals surface area contributed by atoms with Crippen LogP contribution in [0.5, 0.6) is 0 Å². The highest BCUT2D eigenvalue weighted by Crippen LogP contribution is 2.17. The number of halogens is 1. The number of rotatable bonds is 4. The first kappa shape index (κ1) is 17.9. The SMILES string of the molecule is O=C(C[C@H]1C(=O)NCCN1C(=O)c1ccccc1)Nc1cccc(Cl)c1. The number of amides is 3. The van der Waals surface area contributed by atoms with Crippen LogP contribution in [0.15, 0.2) is 54.6 Å². The molecule has 1 saturated heterocycles. The van der Waals surface area contributed by atoms with E-state index in [2.05, 4.69) is 10.6 Å². The maximum Gasteiger partial charge on any atom is 0.254 e. The zero-order valence-electron chi connectivity index (χ0n) is 13.9. The lowest BCUT2D eigenvalue weighted by atomic mass is 10.1. The van der Waals surface area contributed by atoms with E-state index < -0.39 is 6.04 Å². The molecule has 2 N–H and O–H groups in total. The summed E-state index contributed by atoms with van der Waals surface area (Å²) < 4.78 is 0. The lowest BCUT2D eigenvalue weighted by Gasteiger charge is -2.34. The molecule has 0 saturated carbocycles. The molecule has 0 unspecified atom stereocenters. The van der Waals surface area contributed by atoms with Crippen LogP contribution in [0.1, 0.15) is 16.8 Å². The standard InChI is InChI=1S/C19H18ClN3O3/c20-14-7-4-8-15(11-14)22-17(24)12-16-18(25)21-9-10-23(16)19(26)13-5-2-1-3-6-13/h1-8,11,16H,9-10,12H2,(H,21,25)(H,22,24)/t16-/m0/s1. The van der Waals surface area contributed by atoms with Crippen molar-refractivity contribution in [3.63, 3.8) is 0 Å². The summed E-state index contributed by atoms with van der Waals surface area (Å²) in [7, 11) is 0. The summed E-state index contributed by atoms with van der Waals surface area (Å²) in [6.07, 6.45) is -0.128. The number of carbonyl (C=O) groups is 3. The molecule has 0 spiro atoms. The second-order valence-electron chi connectivity index (χ2n) is 5.93. The predicted octanol–water partition coefficient (Wildman–Crippen LogP) is 2.31. The zero-order chi connectivity index (χ0) is 18.5. The molecular weight excluding hydrogens is 354 g/mol. The van der Waals surface area contributed by atoms with Crippen molar-refractivity contribution in [1.82, 2.24) is 10.2 Å².